The first-order valence-corrected chi connectivity index (χ1v) is 9.19. The molecule has 4 rings (SSSR count). The van der Waals surface area contributed by atoms with Crippen LogP contribution in [0.4, 0.5) is 13.9 Å². The lowest BCUT2D eigenvalue weighted by molar-refractivity contribution is 0.102. The molecule has 1 N–H and O–H groups in total. The molecule has 1 aliphatic carbocycles. The summed E-state index contributed by atoms with van der Waals surface area (Å²) in [6, 6.07) is 5.82. The maximum absolute atomic E-state index is 13.0. The van der Waals surface area contributed by atoms with Crippen molar-refractivity contribution >= 4 is 33.3 Å². The molecule has 134 valence electrons. The molecular formula is C18H16F2N4OS. The number of nitrogens with zero attached hydrogens (tertiary/aromatic N) is 3. The minimum absolute atomic E-state index is 0.0764. The molecule has 0 unspecified atom stereocenters. The second kappa shape index (κ2) is 6.68. The van der Waals surface area contributed by atoms with E-state index in [0.717, 1.165) is 53.4 Å². The third kappa shape index (κ3) is 3.05. The number of carbonyl (C=O) groups is 1. The van der Waals surface area contributed by atoms with Gasteiger partial charge in [-0.3, -0.25) is 15.1 Å². The normalized spacial score (nSPS) is 13.8. The largest absolute Gasteiger partial charge is 0.296 e. The lowest BCUT2D eigenvalue weighted by Crippen LogP contribution is -2.19. The van der Waals surface area contributed by atoms with Crippen LogP contribution in [0.3, 0.4) is 0 Å². The third-order valence-corrected chi connectivity index (χ3v) is 5.34. The summed E-state index contributed by atoms with van der Waals surface area (Å²) < 4.78 is 25.4. The minimum atomic E-state index is -2.70. The number of fused-ring (bicyclic) bond motifs is 2. The molecule has 2 aromatic heterocycles. The van der Waals surface area contributed by atoms with E-state index in [-0.39, 0.29) is 11.0 Å². The molecule has 3 aromatic rings. The number of amides is 1. The van der Waals surface area contributed by atoms with Crippen LogP contribution in [0.25, 0.3) is 10.9 Å². The summed E-state index contributed by atoms with van der Waals surface area (Å²) in [5.41, 5.74) is 4.27. The van der Waals surface area contributed by atoms with Crippen LogP contribution in [0, 0.1) is 6.92 Å². The first-order valence-electron chi connectivity index (χ1n) is 8.38. The van der Waals surface area contributed by atoms with E-state index in [9.17, 15) is 13.6 Å². The van der Waals surface area contributed by atoms with Crippen LogP contribution in [-0.4, -0.2) is 21.1 Å². The maximum Gasteiger partial charge on any atom is 0.291 e. The van der Waals surface area contributed by atoms with Crippen molar-refractivity contribution in [1.82, 2.24) is 15.2 Å². The van der Waals surface area contributed by atoms with Gasteiger partial charge in [0, 0.05) is 11.1 Å². The van der Waals surface area contributed by atoms with Gasteiger partial charge in [0.1, 0.15) is 0 Å². The second-order valence-corrected chi connectivity index (χ2v) is 7.35. The van der Waals surface area contributed by atoms with Crippen molar-refractivity contribution in [2.24, 2.45) is 0 Å². The van der Waals surface area contributed by atoms with Gasteiger partial charge in [-0.25, -0.2) is 8.78 Å². The van der Waals surface area contributed by atoms with Gasteiger partial charge in [0.25, 0.3) is 12.3 Å². The summed E-state index contributed by atoms with van der Waals surface area (Å²) in [6.45, 7) is 1.96. The molecule has 5 nitrogen and oxygen atoms in total. The van der Waals surface area contributed by atoms with Gasteiger partial charge >= 0.3 is 0 Å². The van der Waals surface area contributed by atoms with Crippen molar-refractivity contribution in [2.75, 3.05) is 5.32 Å². The number of pyridine rings is 1. The van der Waals surface area contributed by atoms with Crippen LogP contribution in [0.5, 0.6) is 0 Å². The number of anilines is 1. The van der Waals surface area contributed by atoms with E-state index in [0.29, 0.717) is 16.9 Å². The summed E-state index contributed by atoms with van der Waals surface area (Å²) >= 11 is 0.690. The number of halogens is 2. The Morgan fingerprint density at radius 2 is 2.04 bits per heavy atom. The van der Waals surface area contributed by atoms with Crippen molar-refractivity contribution in [1.29, 1.82) is 0 Å². The fourth-order valence-corrected chi connectivity index (χ4v) is 3.92. The van der Waals surface area contributed by atoms with Gasteiger partial charge in [-0.15, -0.1) is 10.2 Å². The van der Waals surface area contributed by atoms with Crippen LogP contribution in [0.15, 0.2) is 18.2 Å². The minimum Gasteiger partial charge on any atom is -0.296 e. The molecule has 0 saturated heterocycles. The van der Waals surface area contributed by atoms with Crippen molar-refractivity contribution in [3.63, 3.8) is 0 Å². The van der Waals surface area contributed by atoms with E-state index < -0.39 is 11.4 Å². The number of aromatic nitrogens is 3. The average Bonchev–Trinajstić information content (AvgIpc) is 3.08. The number of alkyl halides is 2. The highest BCUT2D eigenvalue weighted by molar-refractivity contribution is 7.15. The first kappa shape index (κ1) is 17.0. The average molecular weight is 374 g/mol. The van der Waals surface area contributed by atoms with E-state index in [1.807, 2.05) is 25.1 Å². The van der Waals surface area contributed by atoms with Crippen LogP contribution >= 0.6 is 11.3 Å². The summed E-state index contributed by atoms with van der Waals surface area (Å²) in [4.78, 5) is 17.7. The SMILES string of the molecule is Cc1ccc2nc3c(c(C(=O)Nc4nnc(C(F)F)s4)c2c1)CCCC3. The van der Waals surface area contributed by atoms with Crippen molar-refractivity contribution in [3.8, 4) is 0 Å². The number of hydrogen-bond donors (Lipinski definition) is 1. The highest BCUT2D eigenvalue weighted by Crippen LogP contribution is 2.31. The second-order valence-electron chi connectivity index (χ2n) is 6.34. The smallest absolute Gasteiger partial charge is 0.291 e. The molecule has 26 heavy (non-hydrogen) atoms. The molecule has 1 amide bonds. The third-order valence-electron chi connectivity index (χ3n) is 4.49. The molecule has 0 spiro atoms. The van der Waals surface area contributed by atoms with Crippen molar-refractivity contribution < 1.29 is 13.6 Å². The quantitative estimate of drug-likeness (QED) is 0.735. The maximum atomic E-state index is 13.0. The van der Waals surface area contributed by atoms with E-state index in [1.54, 1.807) is 0 Å². The number of rotatable bonds is 3. The highest BCUT2D eigenvalue weighted by Gasteiger charge is 2.24. The number of benzene rings is 1. The Hall–Kier alpha value is -2.48. The van der Waals surface area contributed by atoms with Crippen LogP contribution in [0.2, 0.25) is 0 Å². The summed E-state index contributed by atoms with van der Waals surface area (Å²) in [5, 5.41) is 10.2. The van der Waals surface area contributed by atoms with E-state index in [2.05, 4.69) is 15.5 Å². The predicted molar refractivity (Wildman–Crippen MR) is 95.9 cm³/mol. The fourth-order valence-electron chi connectivity index (χ4n) is 3.33. The van der Waals surface area contributed by atoms with E-state index in [4.69, 9.17) is 4.98 Å². The number of aryl methyl sites for hydroxylation is 2. The van der Waals surface area contributed by atoms with Crippen LogP contribution < -0.4 is 5.32 Å². The molecule has 8 heteroatoms. The monoisotopic (exact) mass is 374 g/mol. The van der Waals surface area contributed by atoms with Gasteiger partial charge < -0.3 is 0 Å². The molecular weight excluding hydrogens is 358 g/mol. The zero-order chi connectivity index (χ0) is 18.3. The molecule has 1 aromatic carbocycles. The number of carbonyl (C=O) groups excluding carboxylic acids is 1. The van der Waals surface area contributed by atoms with Gasteiger partial charge in [0.2, 0.25) is 5.13 Å². The van der Waals surface area contributed by atoms with Crippen molar-refractivity contribution in [2.45, 2.75) is 39.0 Å². The molecule has 0 fully saturated rings. The predicted octanol–water partition coefficient (Wildman–Crippen LogP) is 4.46. The van der Waals surface area contributed by atoms with Crippen molar-refractivity contribution in [3.05, 3.63) is 45.6 Å². The van der Waals surface area contributed by atoms with E-state index >= 15 is 0 Å². The lowest BCUT2D eigenvalue weighted by Gasteiger charge is -2.20. The molecule has 1 aliphatic rings. The lowest BCUT2D eigenvalue weighted by atomic mass is 9.89. The standard InChI is InChI=1S/C18H16F2N4OS/c1-9-6-7-13-11(8-9)14(10-4-2-3-5-12(10)21-13)16(25)22-18-24-23-17(26-18)15(19)20/h6-8,15H,2-5H2,1H3,(H,22,24,25). The van der Waals surface area contributed by atoms with Gasteiger partial charge in [-0.05, 0) is 50.3 Å². The molecule has 0 bridgehead atoms. The van der Waals surface area contributed by atoms with Gasteiger partial charge in [-0.2, -0.15) is 0 Å². The summed E-state index contributed by atoms with van der Waals surface area (Å²) in [6.07, 6.45) is 0.976. The Morgan fingerprint density at radius 3 is 2.81 bits per heavy atom. The molecule has 0 aliphatic heterocycles. The molecule has 0 saturated carbocycles. The molecule has 0 radical (unpaired) electrons. The van der Waals surface area contributed by atoms with Gasteiger partial charge in [0.05, 0.1) is 11.1 Å². The fraction of sp³-hybridized carbons (Fsp3) is 0.333. The van der Waals surface area contributed by atoms with Gasteiger partial charge in [0.15, 0.2) is 5.01 Å². The first-order chi connectivity index (χ1) is 12.5. The Kier molecular flexibility index (Phi) is 4.36. The highest BCUT2D eigenvalue weighted by atomic mass is 32.1. The zero-order valence-electron chi connectivity index (χ0n) is 14.1. The zero-order valence-corrected chi connectivity index (χ0v) is 14.9. The van der Waals surface area contributed by atoms with E-state index in [1.165, 1.54) is 0 Å². The number of hydrogen-bond acceptors (Lipinski definition) is 5. The Morgan fingerprint density at radius 1 is 1.23 bits per heavy atom. The Balaban J connectivity index is 1.80. The van der Waals surface area contributed by atoms with Crippen LogP contribution in [-0.2, 0) is 12.8 Å². The Bertz CT molecular complexity index is 1000. The number of nitrogens with one attached hydrogen (secondary N) is 1. The Labute approximate surface area is 152 Å². The topological polar surface area (TPSA) is 67.8 Å². The van der Waals surface area contributed by atoms with Crippen LogP contribution in [0.1, 0.15) is 51.5 Å². The van der Waals surface area contributed by atoms with Gasteiger partial charge in [-0.1, -0.05) is 23.0 Å². The summed E-state index contributed by atoms with van der Waals surface area (Å²) in [7, 11) is 0. The summed E-state index contributed by atoms with van der Waals surface area (Å²) in [5.74, 6) is -0.349. The molecule has 2 heterocycles. The molecule has 0 atom stereocenters.